The molecular formula is C22H24N2O4. The number of rotatable bonds is 6. The fourth-order valence-corrected chi connectivity index (χ4v) is 3.39. The number of aliphatic hydroxyl groups excluding tert-OH is 1. The zero-order valence-electron chi connectivity index (χ0n) is 16.3. The van der Waals surface area contributed by atoms with Gasteiger partial charge in [0.05, 0.1) is 18.7 Å². The molecular weight excluding hydrogens is 356 g/mol. The summed E-state index contributed by atoms with van der Waals surface area (Å²) >= 11 is 0. The summed E-state index contributed by atoms with van der Waals surface area (Å²) in [5.41, 5.74) is 1.24. The Bertz CT molecular complexity index is 906. The molecule has 1 atom stereocenters. The third kappa shape index (κ3) is 3.64. The van der Waals surface area contributed by atoms with Crippen LogP contribution >= 0.6 is 0 Å². The van der Waals surface area contributed by atoms with Gasteiger partial charge in [-0.3, -0.25) is 9.59 Å². The molecule has 146 valence electrons. The summed E-state index contributed by atoms with van der Waals surface area (Å²) < 4.78 is 5.47. The molecule has 3 rings (SSSR count). The number of ether oxygens (including phenoxy) is 1. The van der Waals surface area contributed by atoms with E-state index in [9.17, 15) is 14.7 Å². The van der Waals surface area contributed by atoms with E-state index >= 15 is 0 Å². The lowest BCUT2D eigenvalue weighted by atomic mass is 9.94. The minimum Gasteiger partial charge on any atom is -0.507 e. The Morgan fingerprint density at radius 3 is 2.36 bits per heavy atom. The Hall–Kier alpha value is -3.12. The number of aliphatic hydroxyl groups is 1. The van der Waals surface area contributed by atoms with Crippen molar-refractivity contribution in [2.24, 2.45) is 0 Å². The fraction of sp³-hybridized carbons (Fsp3) is 0.273. The predicted octanol–water partition coefficient (Wildman–Crippen LogP) is 2.68. The maximum Gasteiger partial charge on any atom is 0.295 e. The van der Waals surface area contributed by atoms with Crippen LogP contribution in [0, 0.1) is 0 Å². The van der Waals surface area contributed by atoms with E-state index < -0.39 is 17.7 Å². The standard InChI is InChI=1S/C22H24N2O4/c1-23(2)13-14-24-19(16-11-7-8-12-17(16)28-3)18(21(26)22(24)27)20(25)15-9-5-4-6-10-15/h4-12,19,25H,13-14H2,1-3H3/b20-18+/t19-/m1/s1. The Labute approximate surface area is 164 Å². The van der Waals surface area contributed by atoms with Gasteiger partial charge in [-0.15, -0.1) is 0 Å². The van der Waals surface area contributed by atoms with Crippen LogP contribution < -0.4 is 4.74 Å². The quantitative estimate of drug-likeness (QED) is 0.474. The summed E-state index contributed by atoms with van der Waals surface area (Å²) in [6.07, 6.45) is 0. The van der Waals surface area contributed by atoms with Gasteiger partial charge in [0.2, 0.25) is 0 Å². The highest BCUT2D eigenvalue weighted by Gasteiger charge is 2.46. The Morgan fingerprint density at radius 1 is 1.07 bits per heavy atom. The van der Waals surface area contributed by atoms with E-state index in [1.165, 1.54) is 4.90 Å². The number of hydrogen-bond donors (Lipinski definition) is 1. The van der Waals surface area contributed by atoms with E-state index in [-0.39, 0.29) is 11.3 Å². The predicted molar refractivity (Wildman–Crippen MR) is 107 cm³/mol. The van der Waals surface area contributed by atoms with E-state index in [0.29, 0.717) is 30.0 Å². The van der Waals surface area contributed by atoms with E-state index in [2.05, 4.69) is 0 Å². The Morgan fingerprint density at radius 2 is 1.71 bits per heavy atom. The minimum absolute atomic E-state index is 0.0828. The molecule has 1 N–H and O–H groups in total. The number of methoxy groups -OCH3 is 1. The van der Waals surface area contributed by atoms with Crippen LogP contribution in [-0.4, -0.2) is 60.9 Å². The molecule has 0 aromatic heterocycles. The molecule has 0 saturated carbocycles. The van der Waals surface area contributed by atoms with Crippen LogP contribution in [0.5, 0.6) is 5.75 Å². The average Bonchev–Trinajstić information content (AvgIpc) is 2.96. The minimum atomic E-state index is -0.712. The van der Waals surface area contributed by atoms with E-state index in [4.69, 9.17) is 4.74 Å². The van der Waals surface area contributed by atoms with Crippen LogP contribution in [0.1, 0.15) is 17.2 Å². The van der Waals surface area contributed by atoms with Crippen molar-refractivity contribution in [2.45, 2.75) is 6.04 Å². The highest BCUT2D eigenvalue weighted by Crippen LogP contribution is 2.42. The third-order valence-corrected chi connectivity index (χ3v) is 4.81. The average molecular weight is 380 g/mol. The van der Waals surface area contributed by atoms with Crippen LogP contribution in [-0.2, 0) is 9.59 Å². The smallest absolute Gasteiger partial charge is 0.295 e. The number of amides is 1. The molecule has 1 aliphatic rings. The SMILES string of the molecule is COc1ccccc1[C@@H]1/C(=C(\O)c2ccccc2)C(=O)C(=O)N1CCN(C)C. The maximum atomic E-state index is 12.9. The molecule has 0 unspecified atom stereocenters. The summed E-state index contributed by atoms with van der Waals surface area (Å²) in [6.45, 7) is 0.940. The molecule has 1 heterocycles. The van der Waals surface area contributed by atoms with Gasteiger partial charge in [0.15, 0.2) is 0 Å². The van der Waals surface area contributed by atoms with Crippen LogP contribution in [0.3, 0.4) is 0 Å². The topological polar surface area (TPSA) is 70.1 Å². The molecule has 1 amide bonds. The molecule has 0 bridgehead atoms. The molecule has 1 aliphatic heterocycles. The summed E-state index contributed by atoms with van der Waals surface area (Å²) in [5, 5.41) is 10.9. The van der Waals surface area contributed by atoms with Crippen molar-refractivity contribution in [3.63, 3.8) is 0 Å². The normalized spacial score (nSPS) is 18.7. The van der Waals surface area contributed by atoms with Gasteiger partial charge < -0.3 is 19.6 Å². The first-order chi connectivity index (χ1) is 13.5. The maximum absolute atomic E-state index is 12.9. The number of carbonyl (C=O) groups is 2. The van der Waals surface area contributed by atoms with Crippen LogP contribution in [0.15, 0.2) is 60.2 Å². The van der Waals surface area contributed by atoms with Gasteiger partial charge in [0.1, 0.15) is 11.5 Å². The first kappa shape index (κ1) is 19.6. The zero-order chi connectivity index (χ0) is 20.3. The fourth-order valence-electron chi connectivity index (χ4n) is 3.39. The lowest BCUT2D eigenvalue weighted by Gasteiger charge is -2.27. The number of nitrogens with zero attached hydrogens (tertiary/aromatic N) is 2. The molecule has 0 radical (unpaired) electrons. The molecule has 6 heteroatoms. The van der Waals surface area contributed by atoms with E-state index in [1.807, 2.05) is 43.3 Å². The second-order valence-corrected chi connectivity index (χ2v) is 6.90. The number of ketones is 1. The van der Waals surface area contributed by atoms with Crippen molar-refractivity contribution in [1.82, 2.24) is 9.80 Å². The van der Waals surface area contributed by atoms with Gasteiger partial charge in [-0.1, -0.05) is 48.5 Å². The molecule has 28 heavy (non-hydrogen) atoms. The number of Topliss-reactive ketones (excluding diaryl/α,β-unsaturated/α-hetero) is 1. The molecule has 0 aliphatic carbocycles. The number of para-hydroxylation sites is 1. The zero-order valence-corrected chi connectivity index (χ0v) is 16.3. The number of carbonyl (C=O) groups excluding carboxylic acids is 2. The van der Waals surface area contributed by atoms with E-state index in [0.717, 1.165) is 0 Å². The van der Waals surface area contributed by atoms with Crippen LogP contribution in [0.25, 0.3) is 5.76 Å². The largest absolute Gasteiger partial charge is 0.507 e. The third-order valence-electron chi connectivity index (χ3n) is 4.81. The monoisotopic (exact) mass is 380 g/mol. The summed E-state index contributed by atoms with van der Waals surface area (Å²) in [4.78, 5) is 29.2. The van der Waals surface area contributed by atoms with Gasteiger partial charge in [0, 0.05) is 24.2 Å². The van der Waals surface area contributed by atoms with Crippen molar-refractivity contribution in [3.8, 4) is 5.75 Å². The Balaban J connectivity index is 2.18. The highest BCUT2D eigenvalue weighted by molar-refractivity contribution is 6.46. The second kappa shape index (κ2) is 8.27. The van der Waals surface area contributed by atoms with Gasteiger partial charge in [-0.2, -0.15) is 0 Å². The second-order valence-electron chi connectivity index (χ2n) is 6.90. The van der Waals surface area contributed by atoms with Crippen LogP contribution in [0.2, 0.25) is 0 Å². The van der Waals surface area contributed by atoms with E-state index in [1.54, 1.807) is 37.4 Å². The number of hydrogen-bond acceptors (Lipinski definition) is 5. The van der Waals surface area contributed by atoms with Crippen molar-refractivity contribution in [2.75, 3.05) is 34.3 Å². The van der Waals surface area contributed by atoms with Gasteiger partial charge in [0.25, 0.3) is 11.7 Å². The molecule has 0 spiro atoms. The van der Waals surface area contributed by atoms with Gasteiger partial charge in [-0.25, -0.2) is 0 Å². The summed E-state index contributed by atoms with van der Waals surface area (Å²) in [5.74, 6) is -0.920. The van der Waals surface area contributed by atoms with Crippen molar-refractivity contribution >= 4 is 17.4 Å². The molecule has 1 fully saturated rings. The van der Waals surface area contributed by atoms with Crippen LogP contribution in [0.4, 0.5) is 0 Å². The van der Waals surface area contributed by atoms with Gasteiger partial charge >= 0.3 is 0 Å². The lowest BCUT2D eigenvalue weighted by molar-refractivity contribution is -0.140. The van der Waals surface area contributed by atoms with Crippen molar-refractivity contribution in [3.05, 3.63) is 71.3 Å². The lowest BCUT2D eigenvalue weighted by Crippen LogP contribution is -2.35. The first-order valence-electron chi connectivity index (χ1n) is 9.07. The summed E-state index contributed by atoms with van der Waals surface area (Å²) in [6, 6.07) is 15.3. The first-order valence-corrected chi connectivity index (χ1v) is 9.07. The van der Waals surface area contributed by atoms with Crippen molar-refractivity contribution < 1.29 is 19.4 Å². The Kier molecular flexibility index (Phi) is 5.80. The molecule has 1 saturated heterocycles. The summed E-state index contributed by atoms with van der Waals surface area (Å²) in [7, 11) is 5.35. The number of likely N-dealkylation sites (tertiary alicyclic amines) is 1. The van der Waals surface area contributed by atoms with Gasteiger partial charge in [-0.05, 0) is 20.2 Å². The molecule has 2 aromatic rings. The number of likely N-dealkylation sites (N-methyl/N-ethyl adjacent to an activating group) is 1. The highest BCUT2D eigenvalue weighted by atomic mass is 16.5. The molecule has 2 aromatic carbocycles. The molecule has 6 nitrogen and oxygen atoms in total. The van der Waals surface area contributed by atoms with Crippen molar-refractivity contribution in [1.29, 1.82) is 0 Å². The number of benzene rings is 2.